The lowest BCUT2D eigenvalue weighted by molar-refractivity contribution is 0.0991. The highest BCUT2D eigenvalue weighted by Crippen LogP contribution is 2.33. The third-order valence-electron chi connectivity index (χ3n) is 3.39. The number of hydrogen-bond acceptors (Lipinski definition) is 4. The summed E-state index contributed by atoms with van der Waals surface area (Å²) >= 11 is 8.64. The molecule has 142 valence electrons. The largest absolute Gasteiger partial charge is 0.505 e. The van der Waals surface area contributed by atoms with E-state index in [1.807, 2.05) is 0 Å². The topological polar surface area (TPSA) is 76.2 Å². The summed E-state index contributed by atoms with van der Waals surface area (Å²) in [5.41, 5.74) is 7.20. The summed E-state index contributed by atoms with van der Waals surface area (Å²) in [5, 5.41) is 10.6. The summed E-state index contributed by atoms with van der Waals surface area (Å²) in [5.74, 6) is -4.47. The fraction of sp³-hybridized carbons (Fsp3) is 0.111. The Kier molecular flexibility index (Phi) is 7.46. The number of carbonyl (C=O) groups is 1. The lowest BCUT2D eigenvalue weighted by atomic mass is 10.1. The van der Waals surface area contributed by atoms with E-state index in [1.165, 1.54) is 5.56 Å². The first-order valence-corrected chi connectivity index (χ1v) is 10.2. The number of halogens is 4. The van der Waals surface area contributed by atoms with Crippen molar-refractivity contribution in [3.8, 4) is 17.0 Å². The number of carbonyl (C=O) groups excluding carboxylic acids is 1. The molecule has 4 nitrogen and oxygen atoms in total. The van der Waals surface area contributed by atoms with Crippen molar-refractivity contribution in [2.45, 2.75) is 12.3 Å². The summed E-state index contributed by atoms with van der Waals surface area (Å²) in [6.07, 6.45) is 0. The van der Waals surface area contributed by atoms with Crippen LogP contribution in [0.15, 0.2) is 40.2 Å². The van der Waals surface area contributed by atoms with Crippen LogP contribution in [0.3, 0.4) is 0 Å². The molecule has 3 N–H and O–H groups in total. The molecule has 0 radical (unpaired) electrons. The van der Waals surface area contributed by atoms with Gasteiger partial charge in [-0.25, -0.2) is 13.8 Å². The maximum Gasteiger partial charge on any atom is 0.254 e. The molecule has 27 heavy (non-hydrogen) atoms. The maximum atomic E-state index is 12.7. The normalized spacial score (nSPS) is 10.3. The highest BCUT2D eigenvalue weighted by Gasteiger charge is 2.17. The number of alkyl halides is 1. The average Bonchev–Trinajstić information content (AvgIpc) is 3.00. The SMILES string of the molecule is Cc1ccc(-c2nc(CBr)sc2Br)cc1.NC(=O)c1c(F)ccc(O)c1F. The number of phenolic OH excluding ortho intramolecular Hbond substituents is 1. The van der Waals surface area contributed by atoms with E-state index in [4.69, 9.17) is 5.11 Å². The molecule has 0 atom stereocenters. The lowest BCUT2D eigenvalue weighted by Gasteiger charge is -2.00. The monoisotopic (exact) mass is 518 g/mol. The zero-order valence-electron chi connectivity index (χ0n) is 14.0. The number of phenols is 1. The third kappa shape index (κ3) is 5.33. The van der Waals surface area contributed by atoms with E-state index in [2.05, 4.69) is 73.8 Å². The molecule has 0 unspecified atom stereocenters. The number of amides is 1. The zero-order valence-corrected chi connectivity index (χ0v) is 18.0. The highest BCUT2D eigenvalue weighted by atomic mass is 79.9. The second-order valence-corrected chi connectivity index (χ2v) is 8.31. The smallest absolute Gasteiger partial charge is 0.254 e. The van der Waals surface area contributed by atoms with Gasteiger partial charge in [-0.3, -0.25) is 4.79 Å². The predicted octanol–water partition coefficient (Wildman–Crippen LogP) is 5.55. The molecule has 0 saturated heterocycles. The fourth-order valence-corrected chi connectivity index (χ4v) is 4.06. The number of primary amides is 1. The molecule has 3 aromatic rings. The van der Waals surface area contributed by atoms with Crippen LogP contribution in [0.25, 0.3) is 11.3 Å². The average molecular weight is 520 g/mol. The van der Waals surface area contributed by atoms with Crippen LogP contribution in [0, 0.1) is 18.6 Å². The Hall–Kier alpha value is -1.84. The predicted molar refractivity (Wildman–Crippen MR) is 109 cm³/mol. The number of nitrogens with zero attached hydrogens (tertiary/aromatic N) is 1. The Morgan fingerprint density at radius 1 is 1.22 bits per heavy atom. The van der Waals surface area contributed by atoms with Gasteiger partial charge in [-0.1, -0.05) is 45.8 Å². The number of aromatic hydroxyl groups is 1. The second-order valence-electron chi connectivity index (χ2n) is 5.35. The number of benzene rings is 2. The second kappa shape index (κ2) is 9.38. The van der Waals surface area contributed by atoms with Crippen LogP contribution in [0.4, 0.5) is 8.78 Å². The molecule has 0 aliphatic carbocycles. The first kappa shape index (κ1) is 21.5. The van der Waals surface area contributed by atoms with E-state index >= 15 is 0 Å². The van der Waals surface area contributed by atoms with Crippen LogP contribution in [0.1, 0.15) is 20.9 Å². The van der Waals surface area contributed by atoms with Crippen molar-refractivity contribution in [3.05, 3.63) is 68.0 Å². The number of hydrogen-bond donors (Lipinski definition) is 2. The molecular formula is C18H14Br2F2N2O2S. The summed E-state index contributed by atoms with van der Waals surface area (Å²) in [4.78, 5) is 15.0. The third-order valence-corrected chi connectivity index (χ3v) is 5.99. The van der Waals surface area contributed by atoms with Crippen molar-refractivity contribution in [1.29, 1.82) is 0 Å². The van der Waals surface area contributed by atoms with Gasteiger partial charge in [0.25, 0.3) is 5.91 Å². The molecule has 0 saturated carbocycles. The number of rotatable bonds is 3. The van der Waals surface area contributed by atoms with Gasteiger partial charge in [0.15, 0.2) is 11.6 Å². The Bertz CT molecular complexity index is 963. The highest BCUT2D eigenvalue weighted by molar-refractivity contribution is 9.11. The summed E-state index contributed by atoms with van der Waals surface area (Å²) < 4.78 is 26.4. The van der Waals surface area contributed by atoms with Crippen LogP contribution in [0.2, 0.25) is 0 Å². The van der Waals surface area contributed by atoms with Crippen LogP contribution < -0.4 is 5.73 Å². The summed E-state index contributed by atoms with van der Waals surface area (Å²) in [6, 6.07) is 9.99. The van der Waals surface area contributed by atoms with E-state index in [0.29, 0.717) is 0 Å². The Labute approximate surface area is 175 Å². The minimum atomic E-state index is -1.33. The molecule has 0 bridgehead atoms. The molecule has 0 fully saturated rings. The van der Waals surface area contributed by atoms with Crippen LogP contribution in [-0.2, 0) is 5.33 Å². The molecule has 0 aliphatic rings. The Morgan fingerprint density at radius 2 is 1.85 bits per heavy atom. The van der Waals surface area contributed by atoms with E-state index in [9.17, 15) is 13.6 Å². The molecule has 1 heterocycles. The van der Waals surface area contributed by atoms with Gasteiger partial charge in [0, 0.05) is 5.56 Å². The summed E-state index contributed by atoms with van der Waals surface area (Å²) in [6.45, 7) is 2.09. The number of thiazole rings is 1. The van der Waals surface area contributed by atoms with E-state index in [1.54, 1.807) is 11.3 Å². The number of aryl methyl sites for hydroxylation is 1. The van der Waals surface area contributed by atoms with Gasteiger partial charge >= 0.3 is 0 Å². The molecular weight excluding hydrogens is 506 g/mol. The lowest BCUT2D eigenvalue weighted by Crippen LogP contribution is -2.15. The van der Waals surface area contributed by atoms with Gasteiger partial charge in [0.2, 0.25) is 0 Å². The van der Waals surface area contributed by atoms with Gasteiger partial charge in [-0.05, 0) is 35.0 Å². The Morgan fingerprint density at radius 3 is 2.33 bits per heavy atom. The zero-order chi connectivity index (χ0) is 20.1. The molecule has 3 rings (SSSR count). The molecule has 9 heteroatoms. The minimum absolute atomic E-state index is 0.762. The van der Waals surface area contributed by atoms with Gasteiger partial charge in [0.1, 0.15) is 16.4 Å². The van der Waals surface area contributed by atoms with Crippen LogP contribution in [-0.4, -0.2) is 16.0 Å². The summed E-state index contributed by atoms with van der Waals surface area (Å²) in [7, 11) is 0. The fourth-order valence-electron chi connectivity index (χ4n) is 2.06. The molecule has 0 aliphatic heterocycles. The molecule has 0 spiro atoms. The van der Waals surface area contributed by atoms with Crippen LogP contribution >= 0.6 is 43.2 Å². The quantitative estimate of drug-likeness (QED) is 0.446. The van der Waals surface area contributed by atoms with Gasteiger partial charge in [-0.15, -0.1) is 11.3 Å². The van der Waals surface area contributed by atoms with Crippen molar-refractivity contribution in [3.63, 3.8) is 0 Å². The maximum absolute atomic E-state index is 12.7. The minimum Gasteiger partial charge on any atom is -0.505 e. The van der Waals surface area contributed by atoms with Crippen molar-refractivity contribution in [1.82, 2.24) is 4.98 Å². The van der Waals surface area contributed by atoms with E-state index in [0.717, 1.165) is 37.5 Å². The number of aromatic nitrogens is 1. The van der Waals surface area contributed by atoms with Crippen molar-refractivity contribution < 1.29 is 18.7 Å². The Balaban J connectivity index is 0.000000199. The van der Waals surface area contributed by atoms with E-state index < -0.39 is 28.9 Å². The standard InChI is InChI=1S/C11H9Br2NS.C7H5F2NO2/c1-7-2-4-8(5-3-7)10-11(13)15-9(6-12)14-10;8-3-1-2-4(11)6(9)5(3)7(10)12/h2-5H,6H2,1H3;1-2,11H,(H2,10,12). The molecule has 1 aromatic heterocycles. The van der Waals surface area contributed by atoms with Gasteiger partial charge in [0.05, 0.1) is 14.8 Å². The van der Waals surface area contributed by atoms with E-state index in [-0.39, 0.29) is 0 Å². The van der Waals surface area contributed by atoms with Crippen LogP contribution in [0.5, 0.6) is 5.75 Å². The van der Waals surface area contributed by atoms with Crippen molar-refractivity contribution in [2.75, 3.05) is 0 Å². The van der Waals surface area contributed by atoms with Crippen molar-refractivity contribution in [2.24, 2.45) is 5.73 Å². The van der Waals surface area contributed by atoms with Gasteiger partial charge < -0.3 is 10.8 Å². The van der Waals surface area contributed by atoms with Gasteiger partial charge in [-0.2, -0.15) is 0 Å². The molecule has 2 aromatic carbocycles. The first-order valence-electron chi connectivity index (χ1n) is 7.49. The van der Waals surface area contributed by atoms with Crippen molar-refractivity contribution >= 4 is 49.1 Å². The first-order chi connectivity index (χ1) is 12.7. The number of nitrogens with two attached hydrogens (primary N) is 1. The molecule has 1 amide bonds.